The average Bonchev–Trinajstić information content (AvgIpc) is 2.73. The van der Waals surface area contributed by atoms with Gasteiger partial charge in [0, 0.05) is 17.1 Å². The van der Waals surface area contributed by atoms with Crippen molar-refractivity contribution >= 4 is 50.7 Å². The van der Waals surface area contributed by atoms with Gasteiger partial charge >= 0.3 is 0 Å². The second-order valence-electron chi connectivity index (χ2n) is 6.53. The molecule has 32 heavy (non-hydrogen) atoms. The van der Waals surface area contributed by atoms with Crippen LogP contribution in [0.1, 0.15) is 21.5 Å². The lowest BCUT2D eigenvalue weighted by atomic mass is 10.2. The summed E-state index contributed by atoms with van der Waals surface area (Å²) in [5.74, 6) is 0.0962. The molecule has 11 heteroatoms. The monoisotopic (exact) mass is 509 g/mol. The van der Waals surface area contributed by atoms with Gasteiger partial charge in [-0.2, -0.15) is 5.26 Å². The Kier molecular flexibility index (Phi) is 7.29. The van der Waals surface area contributed by atoms with Crippen molar-refractivity contribution in [1.29, 1.82) is 5.26 Å². The van der Waals surface area contributed by atoms with Crippen LogP contribution in [-0.2, 0) is 16.6 Å². The smallest absolute Gasteiger partial charge is 0.251 e. The van der Waals surface area contributed by atoms with E-state index in [-0.39, 0.29) is 22.0 Å². The van der Waals surface area contributed by atoms with Crippen molar-refractivity contribution in [2.45, 2.75) is 11.4 Å². The van der Waals surface area contributed by atoms with Crippen LogP contribution < -0.4 is 15.2 Å². The molecule has 0 saturated heterocycles. The molecule has 0 aliphatic carbocycles. The zero-order chi connectivity index (χ0) is 23.5. The van der Waals surface area contributed by atoms with Crippen LogP contribution in [0.3, 0.4) is 0 Å². The fourth-order valence-corrected chi connectivity index (χ4v) is 4.15. The number of halogens is 3. The number of benzene rings is 3. The summed E-state index contributed by atoms with van der Waals surface area (Å²) in [7, 11) is -4.08. The highest BCUT2D eigenvalue weighted by Crippen LogP contribution is 2.32. The van der Waals surface area contributed by atoms with Crippen LogP contribution in [-0.4, -0.2) is 14.3 Å². The van der Waals surface area contributed by atoms with Crippen LogP contribution >= 0.6 is 34.8 Å². The normalized spacial score (nSPS) is 11.0. The number of nitrogens with two attached hydrogens (primary N) is 1. The summed E-state index contributed by atoms with van der Waals surface area (Å²) in [5.41, 5.74) is 1.06. The molecule has 0 aliphatic rings. The second-order valence-corrected chi connectivity index (χ2v) is 9.31. The summed E-state index contributed by atoms with van der Waals surface area (Å²) in [5, 5.41) is 17.4. The van der Waals surface area contributed by atoms with Gasteiger partial charge in [0.1, 0.15) is 16.4 Å². The number of hydrogen-bond acceptors (Lipinski definition) is 5. The van der Waals surface area contributed by atoms with E-state index in [1.807, 2.05) is 6.07 Å². The molecule has 0 saturated carbocycles. The summed E-state index contributed by atoms with van der Waals surface area (Å²) >= 11 is 18.0. The number of carbonyl (C=O) groups excluding carboxylic acids is 1. The van der Waals surface area contributed by atoms with Crippen LogP contribution in [0.15, 0.2) is 59.5 Å². The van der Waals surface area contributed by atoms with Crippen LogP contribution in [0.2, 0.25) is 15.1 Å². The first-order valence-corrected chi connectivity index (χ1v) is 11.5. The van der Waals surface area contributed by atoms with E-state index in [4.69, 9.17) is 49.9 Å². The average molecular weight is 511 g/mol. The SMILES string of the molecule is N#Cc1cc(Cl)cc(Oc2cc(CNC(=O)c3ccc(Cl)c(S(N)(=O)=O)c3)ccc2Cl)c1. The van der Waals surface area contributed by atoms with E-state index >= 15 is 0 Å². The van der Waals surface area contributed by atoms with Gasteiger partial charge in [-0.05, 0) is 54.1 Å². The Hall–Kier alpha value is -2.80. The molecular weight excluding hydrogens is 497 g/mol. The quantitative estimate of drug-likeness (QED) is 0.489. The van der Waals surface area contributed by atoms with Crippen molar-refractivity contribution in [1.82, 2.24) is 5.32 Å². The fraction of sp³-hybridized carbons (Fsp3) is 0.0476. The molecule has 0 unspecified atom stereocenters. The zero-order valence-corrected chi connectivity index (χ0v) is 19.2. The molecule has 3 rings (SSSR count). The number of primary sulfonamides is 1. The van der Waals surface area contributed by atoms with Crippen molar-refractivity contribution in [3.63, 3.8) is 0 Å². The first-order chi connectivity index (χ1) is 15.1. The third-order valence-electron chi connectivity index (χ3n) is 4.18. The van der Waals surface area contributed by atoms with Crippen molar-refractivity contribution in [3.05, 3.63) is 86.4 Å². The standard InChI is InChI=1S/C21H14Cl3N3O4S/c22-15-5-13(10-25)6-16(9-15)31-19-7-12(1-3-17(19)23)11-27-21(28)14-2-4-18(24)20(8-14)32(26,29)30/h1-9H,11H2,(H,27,28)(H2,26,29,30). The Balaban J connectivity index is 1.76. The van der Waals surface area contributed by atoms with Crippen LogP contribution in [0, 0.1) is 11.3 Å². The number of hydrogen-bond donors (Lipinski definition) is 2. The molecule has 0 atom stereocenters. The first kappa shape index (κ1) is 23.9. The molecule has 0 bridgehead atoms. The minimum Gasteiger partial charge on any atom is -0.456 e. The number of nitrogens with zero attached hydrogens (tertiary/aromatic N) is 1. The van der Waals surface area contributed by atoms with Crippen molar-refractivity contribution < 1.29 is 17.9 Å². The number of amides is 1. The Morgan fingerprint density at radius 2 is 1.75 bits per heavy atom. The minimum atomic E-state index is -4.08. The highest BCUT2D eigenvalue weighted by Gasteiger charge is 2.16. The lowest BCUT2D eigenvalue weighted by Crippen LogP contribution is -2.23. The molecule has 0 radical (unpaired) electrons. The fourth-order valence-electron chi connectivity index (χ4n) is 2.70. The first-order valence-electron chi connectivity index (χ1n) is 8.84. The van der Waals surface area contributed by atoms with Gasteiger partial charge < -0.3 is 10.1 Å². The second kappa shape index (κ2) is 9.77. The number of sulfonamides is 1. The number of rotatable bonds is 6. The van der Waals surface area contributed by atoms with E-state index in [1.54, 1.807) is 18.2 Å². The third-order valence-corrected chi connectivity index (χ3v) is 6.10. The van der Waals surface area contributed by atoms with E-state index in [2.05, 4.69) is 5.32 Å². The van der Waals surface area contributed by atoms with Gasteiger partial charge in [-0.3, -0.25) is 4.79 Å². The summed E-state index contributed by atoms with van der Waals surface area (Å²) in [4.78, 5) is 12.1. The van der Waals surface area contributed by atoms with Gasteiger partial charge in [0.25, 0.3) is 5.91 Å². The van der Waals surface area contributed by atoms with Gasteiger partial charge in [0.15, 0.2) is 0 Å². The topological polar surface area (TPSA) is 122 Å². The number of carbonyl (C=O) groups is 1. The molecule has 3 N–H and O–H groups in total. The van der Waals surface area contributed by atoms with Gasteiger partial charge in [-0.1, -0.05) is 40.9 Å². The maximum absolute atomic E-state index is 12.5. The molecule has 0 heterocycles. The summed E-state index contributed by atoms with van der Waals surface area (Å²) in [6.45, 7) is 0.0959. The predicted molar refractivity (Wildman–Crippen MR) is 122 cm³/mol. The van der Waals surface area contributed by atoms with Gasteiger partial charge in [0.2, 0.25) is 10.0 Å². The highest BCUT2D eigenvalue weighted by molar-refractivity contribution is 7.89. The maximum atomic E-state index is 12.5. The summed E-state index contributed by atoms with van der Waals surface area (Å²) in [6.07, 6.45) is 0. The molecule has 3 aromatic carbocycles. The summed E-state index contributed by atoms with van der Waals surface area (Å²) in [6, 6.07) is 15.2. The zero-order valence-electron chi connectivity index (χ0n) is 16.1. The molecular formula is C21H14Cl3N3O4S. The number of ether oxygens (including phenoxy) is 1. The molecule has 1 amide bonds. The maximum Gasteiger partial charge on any atom is 0.251 e. The molecule has 0 aromatic heterocycles. The molecule has 3 aromatic rings. The molecule has 7 nitrogen and oxygen atoms in total. The molecule has 0 fully saturated rings. The Morgan fingerprint density at radius 3 is 2.44 bits per heavy atom. The van der Waals surface area contributed by atoms with Crippen molar-refractivity contribution in [3.8, 4) is 17.6 Å². The van der Waals surface area contributed by atoms with E-state index in [9.17, 15) is 13.2 Å². The third kappa shape index (κ3) is 5.91. The van der Waals surface area contributed by atoms with Crippen LogP contribution in [0.5, 0.6) is 11.5 Å². The lowest BCUT2D eigenvalue weighted by molar-refractivity contribution is 0.0950. The van der Waals surface area contributed by atoms with Gasteiger partial charge in [-0.25, -0.2) is 13.6 Å². The molecule has 164 valence electrons. The van der Waals surface area contributed by atoms with Gasteiger partial charge in [-0.15, -0.1) is 0 Å². The largest absolute Gasteiger partial charge is 0.456 e. The summed E-state index contributed by atoms with van der Waals surface area (Å²) < 4.78 is 29.0. The van der Waals surface area contributed by atoms with Crippen molar-refractivity contribution in [2.24, 2.45) is 5.14 Å². The Bertz CT molecular complexity index is 1350. The number of nitrogens with one attached hydrogen (secondary N) is 1. The van der Waals surface area contributed by atoms with E-state index in [0.29, 0.717) is 32.7 Å². The van der Waals surface area contributed by atoms with Crippen LogP contribution in [0.25, 0.3) is 0 Å². The predicted octanol–water partition coefficient (Wildman–Crippen LogP) is 4.89. The van der Waals surface area contributed by atoms with Crippen molar-refractivity contribution in [2.75, 3.05) is 0 Å². The number of nitriles is 1. The molecule has 0 spiro atoms. The Morgan fingerprint density at radius 1 is 1.03 bits per heavy atom. The van der Waals surface area contributed by atoms with E-state index in [1.165, 1.54) is 30.3 Å². The minimum absolute atomic E-state index is 0.0758. The highest BCUT2D eigenvalue weighted by atomic mass is 35.5. The molecule has 0 aliphatic heterocycles. The lowest BCUT2D eigenvalue weighted by Gasteiger charge is -2.11. The van der Waals surface area contributed by atoms with E-state index in [0.717, 1.165) is 6.07 Å². The van der Waals surface area contributed by atoms with Gasteiger partial charge in [0.05, 0.1) is 21.7 Å². The van der Waals surface area contributed by atoms with Crippen LogP contribution in [0.4, 0.5) is 0 Å². The van der Waals surface area contributed by atoms with E-state index < -0.39 is 15.9 Å². The Labute approximate surface area is 199 Å².